The third-order valence-electron chi connectivity index (χ3n) is 3.41. The number of ether oxygens (including phenoxy) is 2. The van der Waals surface area contributed by atoms with Gasteiger partial charge in [0.15, 0.2) is 0 Å². The van der Waals surface area contributed by atoms with E-state index in [1.54, 1.807) is 0 Å². The summed E-state index contributed by atoms with van der Waals surface area (Å²) < 4.78 is 11.5. The van der Waals surface area contributed by atoms with Gasteiger partial charge in [-0.2, -0.15) is 0 Å². The molecule has 2 aromatic carbocycles. The van der Waals surface area contributed by atoms with Gasteiger partial charge in [-0.3, -0.25) is 0 Å². The number of hydrogen-bond donors (Lipinski definition) is 2. The van der Waals surface area contributed by atoms with Crippen molar-refractivity contribution < 1.29 is 9.47 Å². The molecule has 0 aliphatic heterocycles. The topological polar surface area (TPSA) is 42.5 Å². The van der Waals surface area contributed by atoms with E-state index in [1.807, 2.05) is 56.3 Å². The molecule has 4 nitrogen and oxygen atoms in total. The van der Waals surface area contributed by atoms with Gasteiger partial charge < -0.3 is 20.1 Å². The van der Waals surface area contributed by atoms with E-state index in [0.29, 0.717) is 5.92 Å². The smallest absolute Gasteiger partial charge is 0.121 e. The summed E-state index contributed by atoms with van der Waals surface area (Å²) in [7, 11) is 0. The highest BCUT2D eigenvalue weighted by Crippen LogP contribution is 2.19. The molecule has 0 unspecified atom stereocenters. The van der Waals surface area contributed by atoms with Gasteiger partial charge in [-0.25, -0.2) is 0 Å². The summed E-state index contributed by atoms with van der Waals surface area (Å²) in [6.07, 6.45) is 0.183. The average Bonchev–Trinajstić information content (AvgIpc) is 2.57. The molecule has 25 heavy (non-hydrogen) atoms. The summed E-state index contributed by atoms with van der Waals surface area (Å²) in [5.74, 6) is 2.32. The highest BCUT2D eigenvalue weighted by molar-refractivity contribution is 5.50. The molecule has 136 valence electrons. The molecule has 0 saturated heterocycles. The van der Waals surface area contributed by atoms with Crippen molar-refractivity contribution in [3.8, 4) is 11.5 Å². The summed E-state index contributed by atoms with van der Waals surface area (Å²) >= 11 is 0. The lowest BCUT2D eigenvalue weighted by molar-refractivity contribution is 0.242. The molecule has 2 aromatic rings. The molecule has 0 heterocycles. The van der Waals surface area contributed by atoms with Gasteiger partial charge in [-0.1, -0.05) is 26.0 Å². The third-order valence-corrected chi connectivity index (χ3v) is 3.41. The lowest BCUT2D eigenvalue weighted by Crippen LogP contribution is -2.14. The third kappa shape index (κ3) is 7.38. The zero-order valence-electron chi connectivity index (χ0n) is 15.7. The van der Waals surface area contributed by atoms with Crippen molar-refractivity contribution in [2.24, 2.45) is 5.92 Å². The first-order valence-electron chi connectivity index (χ1n) is 9.00. The molecule has 0 spiro atoms. The van der Waals surface area contributed by atoms with E-state index >= 15 is 0 Å². The molecule has 0 saturated carbocycles. The van der Waals surface area contributed by atoms with E-state index in [9.17, 15) is 0 Å². The molecule has 0 fully saturated rings. The zero-order valence-corrected chi connectivity index (χ0v) is 15.7. The van der Waals surface area contributed by atoms with E-state index < -0.39 is 0 Å². The second-order valence-electron chi connectivity index (χ2n) is 6.78. The first kappa shape index (κ1) is 19.0. The SMILES string of the molecule is CC(C)COc1cccc(NCCNc2cccc(OC(C)C)c2)c1. The number of rotatable bonds is 10. The van der Waals surface area contributed by atoms with Gasteiger partial charge in [0, 0.05) is 36.6 Å². The zero-order chi connectivity index (χ0) is 18.1. The molecule has 2 rings (SSSR count). The molecular weight excluding hydrogens is 312 g/mol. The van der Waals surface area contributed by atoms with Gasteiger partial charge in [0.2, 0.25) is 0 Å². The molecule has 0 radical (unpaired) electrons. The quantitative estimate of drug-likeness (QED) is 0.594. The maximum Gasteiger partial charge on any atom is 0.121 e. The Hall–Kier alpha value is -2.36. The molecule has 0 bridgehead atoms. The largest absolute Gasteiger partial charge is 0.493 e. The van der Waals surface area contributed by atoms with Crippen LogP contribution in [0.4, 0.5) is 11.4 Å². The predicted molar refractivity (Wildman–Crippen MR) is 106 cm³/mol. The van der Waals surface area contributed by atoms with Crippen LogP contribution in [-0.4, -0.2) is 25.8 Å². The minimum absolute atomic E-state index is 0.183. The first-order valence-corrected chi connectivity index (χ1v) is 9.00. The number of anilines is 2. The number of nitrogens with one attached hydrogen (secondary N) is 2. The van der Waals surface area contributed by atoms with Gasteiger partial charge in [0.25, 0.3) is 0 Å². The summed E-state index contributed by atoms with van der Waals surface area (Å²) in [5, 5.41) is 6.83. The fraction of sp³-hybridized carbons (Fsp3) is 0.429. The first-order chi connectivity index (χ1) is 12.0. The minimum Gasteiger partial charge on any atom is -0.493 e. The van der Waals surface area contributed by atoms with Crippen molar-refractivity contribution >= 4 is 11.4 Å². The molecule has 0 aliphatic carbocycles. The summed E-state index contributed by atoms with van der Waals surface area (Å²) in [4.78, 5) is 0. The van der Waals surface area contributed by atoms with E-state index in [1.165, 1.54) is 0 Å². The Bertz CT molecular complexity index is 641. The van der Waals surface area contributed by atoms with Gasteiger partial charge >= 0.3 is 0 Å². The Morgan fingerprint density at radius 2 is 1.36 bits per heavy atom. The fourth-order valence-corrected chi connectivity index (χ4v) is 2.32. The van der Waals surface area contributed by atoms with E-state index in [4.69, 9.17) is 9.47 Å². The molecule has 2 N–H and O–H groups in total. The van der Waals surface area contributed by atoms with Crippen LogP contribution in [0.15, 0.2) is 48.5 Å². The lowest BCUT2D eigenvalue weighted by Gasteiger charge is -2.13. The van der Waals surface area contributed by atoms with Crippen molar-refractivity contribution in [2.45, 2.75) is 33.8 Å². The molecule has 4 heteroatoms. The minimum atomic E-state index is 0.183. The fourth-order valence-electron chi connectivity index (χ4n) is 2.32. The van der Waals surface area contributed by atoms with Gasteiger partial charge in [-0.05, 0) is 44.0 Å². The van der Waals surface area contributed by atoms with E-state index in [-0.39, 0.29) is 6.10 Å². The summed E-state index contributed by atoms with van der Waals surface area (Å²) in [5.41, 5.74) is 2.13. The van der Waals surface area contributed by atoms with Crippen LogP contribution in [0.1, 0.15) is 27.7 Å². The number of benzene rings is 2. The van der Waals surface area contributed by atoms with Crippen molar-refractivity contribution in [1.82, 2.24) is 0 Å². The van der Waals surface area contributed by atoms with Crippen LogP contribution in [0.5, 0.6) is 11.5 Å². The van der Waals surface area contributed by atoms with Gasteiger partial charge in [0.05, 0.1) is 12.7 Å². The Balaban J connectivity index is 1.76. The Morgan fingerprint density at radius 3 is 1.92 bits per heavy atom. The molecule has 0 atom stereocenters. The monoisotopic (exact) mass is 342 g/mol. The van der Waals surface area contributed by atoms with E-state index in [0.717, 1.165) is 42.6 Å². The second-order valence-corrected chi connectivity index (χ2v) is 6.78. The Labute approximate surface area is 151 Å². The lowest BCUT2D eigenvalue weighted by atomic mass is 10.2. The summed E-state index contributed by atoms with van der Waals surface area (Å²) in [6.45, 7) is 10.7. The van der Waals surface area contributed by atoms with Crippen LogP contribution >= 0.6 is 0 Å². The Kier molecular flexibility index (Phi) is 7.45. The van der Waals surface area contributed by atoms with Crippen molar-refractivity contribution in [1.29, 1.82) is 0 Å². The van der Waals surface area contributed by atoms with Crippen molar-refractivity contribution in [2.75, 3.05) is 30.3 Å². The second kappa shape index (κ2) is 9.82. The van der Waals surface area contributed by atoms with Crippen LogP contribution in [0.3, 0.4) is 0 Å². The standard InChI is InChI=1S/C21H30N2O2/c1-16(2)15-24-20-9-5-7-18(13-20)22-11-12-23-19-8-6-10-21(14-19)25-17(3)4/h5-10,13-14,16-17,22-23H,11-12,15H2,1-4H3. The Morgan fingerprint density at radius 1 is 0.800 bits per heavy atom. The van der Waals surface area contributed by atoms with Crippen LogP contribution in [0.2, 0.25) is 0 Å². The predicted octanol–water partition coefficient (Wildman–Crippen LogP) is 5.03. The highest BCUT2D eigenvalue weighted by Gasteiger charge is 2.01. The van der Waals surface area contributed by atoms with Gasteiger partial charge in [0.1, 0.15) is 11.5 Å². The maximum atomic E-state index is 5.76. The average molecular weight is 342 g/mol. The van der Waals surface area contributed by atoms with Crippen LogP contribution < -0.4 is 20.1 Å². The normalized spacial score (nSPS) is 10.8. The van der Waals surface area contributed by atoms with E-state index in [2.05, 4.69) is 30.5 Å². The molecular formula is C21H30N2O2. The van der Waals surface area contributed by atoms with Crippen molar-refractivity contribution in [3.63, 3.8) is 0 Å². The summed E-state index contributed by atoms with van der Waals surface area (Å²) in [6, 6.07) is 16.2. The van der Waals surface area contributed by atoms with Gasteiger partial charge in [-0.15, -0.1) is 0 Å². The van der Waals surface area contributed by atoms with Crippen LogP contribution in [0, 0.1) is 5.92 Å². The molecule has 0 amide bonds. The highest BCUT2D eigenvalue weighted by atomic mass is 16.5. The van der Waals surface area contributed by atoms with Crippen LogP contribution in [0.25, 0.3) is 0 Å². The number of hydrogen-bond acceptors (Lipinski definition) is 4. The maximum absolute atomic E-state index is 5.76. The molecule has 0 aliphatic rings. The van der Waals surface area contributed by atoms with Crippen LogP contribution in [-0.2, 0) is 0 Å². The van der Waals surface area contributed by atoms with Crippen molar-refractivity contribution in [3.05, 3.63) is 48.5 Å². The molecule has 0 aromatic heterocycles.